The second kappa shape index (κ2) is 7.70. The molecule has 0 spiro atoms. The molecule has 104 valence electrons. The predicted molar refractivity (Wildman–Crippen MR) is 75.4 cm³/mol. The fraction of sp³-hybridized carbons (Fsp3) is 0.364. The largest absolute Gasteiger partial charge is 0.355 e. The number of carbonyl (C=O) groups excluding carboxylic acids is 2. The van der Waals surface area contributed by atoms with Crippen LogP contribution in [0.3, 0.4) is 0 Å². The predicted octanol–water partition coefficient (Wildman–Crippen LogP) is 0.386. The van der Waals surface area contributed by atoms with Crippen LogP contribution in [0.25, 0.3) is 0 Å². The quantitative estimate of drug-likeness (QED) is 0.446. The summed E-state index contributed by atoms with van der Waals surface area (Å²) in [5, 5.41) is 5.16. The Labute approximate surface area is 119 Å². The average molecular weight is 330 g/mol. The van der Waals surface area contributed by atoms with Gasteiger partial charge in [0.25, 0.3) is 5.91 Å². The summed E-state index contributed by atoms with van der Waals surface area (Å²) in [4.78, 5) is 27.2. The van der Waals surface area contributed by atoms with E-state index in [1.807, 2.05) is 6.92 Å². The first-order chi connectivity index (χ1) is 9.08. The summed E-state index contributed by atoms with van der Waals surface area (Å²) < 4.78 is 0.645. The van der Waals surface area contributed by atoms with Crippen molar-refractivity contribution in [3.05, 3.63) is 22.3 Å². The third-order valence-corrected chi connectivity index (χ3v) is 2.65. The van der Waals surface area contributed by atoms with Crippen LogP contribution in [0.2, 0.25) is 0 Å². The summed E-state index contributed by atoms with van der Waals surface area (Å²) in [6, 6.07) is 1.57. The van der Waals surface area contributed by atoms with Crippen molar-refractivity contribution < 1.29 is 9.59 Å². The smallest absolute Gasteiger partial charge is 0.255 e. The number of nitrogens with two attached hydrogens (primary N) is 1. The van der Waals surface area contributed by atoms with Crippen molar-refractivity contribution in [2.75, 3.05) is 18.5 Å². The first-order valence-electron chi connectivity index (χ1n) is 5.75. The van der Waals surface area contributed by atoms with E-state index in [-0.39, 0.29) is 23.8 Å². The summed E-state index contributed by atoms with van der Waals surface area (Å²) in [5.41, 5.74) is 2.60. The number of hydrazine groups is 1. The molecule has 0 bridgehead atoms. The molecule has 5 N–H and O–H groups in total. The second-order valence-electron chi connectivity index (χ2n) is 3.73. The standard InChI is InChI=1S/C11H16BrN5O2/c1-2-3-14-9(18)6-16-11(19)8-4-7(12)5-15-10(8)17-13/h4-5H,2-3,6,13H2,1H3,(H,14,18)(H,15,17)(H,16,19). The lowest BCUT2D eigenvalue weighted by Gasteiger charge is -2.09. The number of halogens is 1. The van der Waals surface area contributed by atoms with Gasteiger partial charge in [0.05, 0.1) is 12.1 Å². The molecule has 0 aliphatic carbocycles. The molecule has 1 aromatic heterocycles. The molecule has 0 atom stereocenters. The Morgan fingerprint density at radius 3 is 2.79 bits per heavy atom. The van der Waals surface area contributed by atoms with Crippen molar-refractivity contribution in [2.45, 2.75) is 13.3 Å². The Bertz CT molecular complexity index is 466. The molecule has 0 saturated heterocycles. The number of amides is 2. The van der Waals surface area contributed by atoms with E-state index in [9.17, 15) is 9.59 Å². The van der Waals surface area contributed by atoms with E-state index >= 15 is 0 Å². The number of hydrogen-bond acceptors (Lipinski definition) is 5. The zero-order valence-corrected chi connectivity index (χ0v) is 12.1. The molecular formula is C11H16BrN5O2. The van der Waals surface area contributed by atoms with E-state index in [1.165, 1.54) is 6.20 Å². The molecule has 0 radical (unpaired) electrons. The van der Waals surface area contributed by atoms with Crippen LogP contribution in [0, 0.1) is 0 Å². The number of nitrogen functional groups attached to an aromatic ring is 1. The highest BCUT2D eigenvalue weighted by molar-refractivity contribution is 9.10. The summed E-state index contributed by atoms with van der Waals surface area (Å²) in [7, 11) is 0. The van der Waals surface area contributed by atoms with Gasteiger partial charge in [0.15, 0.2) is 5.82 Å². The SMILES string of the molecule is CCCNC(=O)CNC(=O)c1cc(Br)cnc1NN. The van der Waals surface area contributed by atoms with Crippen LogP contribution in [0.1, 0.15) is 23.7 Å². The lowest BCUT2D eigenvalue weighted by Crippen LogP contribution is -2.37. The number of nitrogens with one attached hydrogen (secondary N) is 3. The Kier molecular flexibility index (Phi) is 6.23. The lowest BCUT2D eigenvalue weighted by molar-refractivity contribution is -0.120. The Morgan fingerprint density at radius 1 is 1.42 bits per heavy atom. The third-order valence-electron chi connectivity index (χ3n) is 2.22. The van der Waals surface area contributed by atoms with Crippen molar-refractivity contribution in [2.24, 2.45) is 5.84 Å². The van der Waals surface area contributed by atoms with Crippen LogP contribution in [0.4, 0.5) is 5.82 Å². The molecule has 0 saturated carbocycles. The minimum Gasteiger partial charge on any atom is -0.355 e. The molecule has 1 aromatic rings. The van der Waals surface area contributed by atoms with Gasteiger partial charge in [-0.25, -0.2) is 10.8 Å². The number of nitrogens with zero attached hydrogens (tertiary/aromatic N) is 1. The van der Waals surface area contributed by atoms with Gasteiger partial charge in [0.1, 0.15) is 0 Å². The van der Waals surface area contributed by atoms with Crippen molar-refractivity contribution >= 4 is 33.6 Å². The number of pyridine rings is 1. The van der Waals surface area contributed by atoms with Crippen LogP contribution in [0.5, 0.6) is 0 Å². The monoisotopic (exact) mass is 329 g/mol. The van der Waals surface area contributed by atoms with Crippen molar-refractivity contribution in [1.82, 2.24) is 15.6 Å². The number of carbonyl (C=O) groups is 2. The Hall–Kier alpha value is -1.67. The van der Waals surface area contributed by atoms with Crippen molar-refractivity contribution in [1.29, 1.82) is 0 Å². The zero-order chi connectivity index (χ0) is 14.3. The van der Waals surface area contributed by atoms with E-state index in [2.05, 4.69) is 37.0 Å². The maximum Gasteiger partial charge on any atom is 0.255 e. The molecule has 0 unspecified atom stereocenters. The molecular weight excluding hydrogens is 314 g/mol. The molecule has 7 nitrogen and oxygen atoms in total. The van der Waals surface area contributed by atoms with E-state index in [4.69, 9.17) is 5.84 Å². The summed E-state index contributed by atoms with van der Waals surface area (Å²) in [6.07, 6.45) is 2.36. The van der Waals surface area contributed by atoms with Gasteiger partial charge in [-0.15, -0.1) is 0 Å². The number of anilines is 1. The molecule has 2 amide bonds. The number of hydrogen-bond donors (Lipinski definition) is 4. The molecule has 0 fully saturated rings. The summed E-state index contributed by atoms with van der Waals surface area (Å²) in [5.74, 6) is 4.86. The minimum atomic E-state index is -0.423. The van der Waals surface area contributed by atoms with Gasteiger partial charge in [-0.2, -0.15) is 0 Å². The van der Waals surface area contributed by atoms with Crippen LogP contribution in [0.15, 0.2) is 16.7 Å². The Morgan fingerprint density at radius 2 is 2.16 bits per heavy atom. The molecule has 1 heterocycles. The van der Waals surface area contributed by atoms with E-state index in [1.54, 1.807) is 6.07 Å². The average Bonchev–Trinajstić information content (AvgIpc) is 2.42. The Balaban J connectivity index is 2.63. The zero-order valence-electron chi connectivity index (χ0n) is 10.5. The second-order valence-corrected chi connectivity index (χ2v) is 4.64. The third kappa shape index (κ3) is 4.84. The normalized spacial score (nSPS) is 9.84. The van der Waals surface area contributed by atoms with Crippen LogP contribution in [-0.2, 0) is 4.79 Å². The maximum atomic E-state index is 11.9. The molecule has 0 aliphatic heterocycles. The summed E-state index contributed by atoms with van der Waals surface area (Å²) in [6.45, 7) is 2.45. The van der Waals surface area contributed by atoms with Gasteiger partial charge in [0.2, 0.25) is 5.91 Å². The van der Waals surface area contributed by atoms with Gasteiger partial charge >= 0.3 is 0 Å². The molecule has 1 rings (SSSR count). The van der Waals surface area contributed by atoms with Gasteiger partial charge in [-0.3, -0.25) is 9.59 Å². The fourth-order valence-corrected chi connectivity index (χ4v) is 1.64. The highest BCUT2D eigenvalue weighted by atomic mass is 79.9. The number of aromatic nitrogens is 1. The van der Waals surface area contributed by atoms with Crippen LogP contribution >= 0.6 is 15.9 Å². The first kappa shape index (κ1) is 15.4. The van der Waals surface area contributed by atoms with Crippen LogP contribution < -0.4 is 21.9 Å². The number of rotatable bonds is 6. The maximum absolute atomic E-state index is 11.9. The molecule has 8 heteroatoms. The van der Waals surface area contributed by atoms with Gasteiger partial charge in [0, 0.05) is 17.2 Å². The molecule has 0 aliphatic rings. The van der Waals surface area contributed by atoms with Crippen molar-refractivity contribution in [3.63, 3.8) is 0 Å². The molecule has 0 aromatic carbocycles. The summed E-state index contributed by atoms with van der Waals surface area (Å²) >= 11 is 3.22. The highest BCUT2D eigenvalue weighted by Gasteiger charge is 2.13. The first-order valence-corrected chi connectivity index (χ1v) is 6.54. The van der Waals surface area contributed by atoms with E-state index < -0.39 is 5.91 Å². The van der Waals surface area contributed by atoms with Gasteiger partial charge in [-0.05, 0) is 28.4 Å². The van der Waals surface area contributed by atoms with Crippen molar-refractivity contribution in [3.8, 4) is 0 Å². The topological polar surface area (TPSA) is 109 Å². The van der Waals surface area contributed by atoms with Gasteiger partial charge in [-0.1, -0.05) is 6.92 Å². The fourth-order valence-electron chi connectivity index (χ4n) is 1.31. The van der Waals surface area contributed by atoms with E-state index in [0.717, 1.165) is 6.42 Å². The highest BCUT2D eigenvalue weighted by Crippen LogP contribution is 2.16. The van der Waals surface area contributed by atoms with Crippen LogP contribution in [-0.4, -0.2) is 29.9 Å². The lowest BCUT2D eigenvalue weighted by atomic mass is 10.2. The molecule has 19 heavy (non-hydrogen) atoms. The minimum absolute atomic E-state index is 0.0879. The van der Waals surface area contributed by atoms with Gasteiger partial charge < -0.3 is 16.1 Å². The van der Waals surface area contributed by atoms with E-state index in [0.29, 0.717) is 11.0 Å².